The first-order valence-corrected chi connectivity index (χ1v) is 12.1. The molecular formula is C21H26N4O4S2. The van der Waals surface area contributed by atoms with Crippen molar-refractivity contribution < 1.29 is 19.2 Å². The standard InChI is InChI=1S/C21H26N4O4S2/c1-13(26)23-14(19(22)28)8-18(27)24-6-3-2-5-21(10-24)11-25(12-21)20(29)17-9-16-15(31-17)4-7-30-16/h4,7,9,14H,2-3,5-6,8,10-12H2,1H3,(H2,22,28)(H,23,26)/t14-/m0/s1. The highest BCUT2D eigenvalue weighted by Crippen LogP contribution is 2.40. The lowest BCUT2D eigenvalue weighted by molar-refractivity contribution is -0.137. The molecule has 0 unspecified atom stereocenters. The average Bonchev–Trinajstić information content (AvgIpc) is 3.20. The number of thiophene rings is 2. The summed E-state index contributed by atoms with van der Waals surface area (Å²) in [5.74, 6) is -1.25. The first kappa shape index (κ1) is 21.8. The van der Waals surface area contributed by atoms with Crippen LogP contribution < -0.4 is 11.1 Å². The Labute approximate surface area is 188 Å². The van der Waals surface area contributed by atoms with Gasteiger partial charge in [-0.1, -0.05) is 6.42 Å². The molecule has 0 aromatic carbocycles. The highest BCUT2D eigenvalue weighted by molar-refractivity contribution is 7.27. The van der Waals surface area contributed by atoms with Crippen LogP contribution in [0.3, 0.4) is 0 Å². The molecule has 2 aromatic rings. The third-order valence-electron chi connectivity index (χ3n) is 6.05. The summed E-state index contributed by atoms with van der Waals surface area (Å²) in [4.78, 5) is 53.1. The number of hydrogen-bond donors (Lipinski definition) is 2. The summed E-state index contributed by atoms with van der Waals surface area (Å²) < 4.78 is 2.27. The molecule has 2 saturated heterocycles. The second-order valence-corrected chi connectivity index (χ2v) is 10.6. The summed E-state index contributed by atoms with van der Waals surface area (Å²) in [5, 5.41) is 4.48. The van der Waals surface area contributed by atoms with Crippen LogP contribution in [-0.4, -0.2) is 65.6 Å². The number of amides is 4. The lowest BCUT2D eigenvalue weighted by Crippen LogP contribution is -2.62. The SMILES string of the molecule is CC(=O)N[C@@H](CC(=O)N1CCCCC2(C1)CN(C(=O)c1cc3sccc3s1)C2)C(N)=O. The molecule has 4 rings (SSSR count). The van der Waals surface area contributed by atoms with Crippen molar-refractivity contribution in [1.82, 2.24) is 15.1 Å². The Balaban J connectivity index is 1.39. The van der Waals surface area contributed by atoms with E-state index in [9.17, 15) is 19.2 Å². The molecule has 4 heterocycles. The van der Waals surface area contributed by atoms with Gasteiger partial charge in [-0.05, 0) is 30.4 Å². The van der Waals surface area contributed by atoms with Gasteiger partial charge in [0.05, 0.1) is 11.3 Å². The number of carbonyl (C=O) groups excluding carboxylic acids is 4. The third kappa shape index (κ3) is 4.59. The smallest absolute Gasteiger partial charge is 0.264 e. The highest BCUT2D eigenvalue weighted by Gasteiger charge is 2.47. The molecule has 8 nitrogen and oxygen atoms in total. The molecule has 1 atom stereocenters. The van der Waals surface area contributed by atoms with Gasteiger partial charge in [-0.3, -0.25) is 19.2 Å². The average molecular weight is 463 g/mol. The lowest BCUT2D eigenvalue weighted by atomic mass is 9.75. The van der Waals surface area contributed by atoms with Crippen molar-refractivity contribution in [1.29, 1.82) is 0 Å². The molecular weight excluding hydrogens is 436 g/mol. The number of nitrogens with zero attached hydrogens (tertiary/aromatic N) is 2. The zero-order valence-corrected chi connectivity index (χ0v) is 19.0. The molecule has 0 saturated carbocycles. The van der Waals surface area contributed by atoms with Crippen LogP contribution in [0.2, 0.25) is 0 Å². The van der Waals surface area contributed by atoms with E-state index >= 15 is 0 Å². The van der Waals surface area contributed by atoms with E-state index in [0.29, 0.717) is 26.2 Å². The maximum absolute atomic E-state index is 12.9. The Bertz CT molecular complexity index is 995. The van der Waals surface area contributed by atoms with Crippen LogP contribution in [0.1, 0.15) is 42.3 Å². The van der Waals surface area contributed by atoms with E-state index in [-0.39, 0.29) is 23.7 Å². The number of primary amides is 1. The van der Waals surface area contributed by atoms with Gasteiger partial charge in [-0.25, -0.2) is 0 Å². The highest BCUT2D eigenvalue weighted by atomic mass is 32.1. The van der Waals surface area contributed by atoms with Crippen molar-refractivity contribution in [3.63, 3.8) is 0 Å². The molecule has 4 amide bonds. The van der Waals surface area contributed by atoms with Crippen LogP contribution in [0.15, 0.2) is 17.5 Å². The number of nitrogens with one attached hydrogen (secondary N) is 1. The molecule has 0 radical (unpaired) electrons. The van der Waals surface area contributed by atoms with Gasteiger partial charge < -0.3 is 20.9 Å². The summed E-state index contributed by atoms with van der Waals surface area (Å²) in [6.45, 7) is 3.72. The zero-order valence-electron chi connectivity index (χ0n) is 17.4. The Morgan fingerprint density at radius 3 is 2.58 bits per heavy atom. The van der Waals surface area contributed by atoms with Crippen LogP contribution in [-0.2, 0) is 14.4 Å². The van der Waals surface area contributed by atoms with Crippen molar-refractivity contribution >= 4 is 55.7 Å². The van der Waals surface area contributed by atoms with Crippen LogP contribution in [0.4, 0.5) is 0 Å². The van der Waals surface area contributed by atoms with Gasteiger partial charge in [-0.15, -0.1) is 22.7 Å². The van der Waals surface area contributed by atoms with E-state index in [1.165, 1.54) is 18.3 Å². The summed E-state index contributed by atoms with van der Waals surface area (Å²) in [7, 11) is 0. The van der Waals surface area contributed by atoms with E-state index in [0.717, 1.165) is 33.5 Å². The Hall–Kier alpha value is -2.46. The van der Waals surface area contributed by atoms with E-state index in [1.54, 1.807) is 16.2 Å². The lowest BCUT2D eigenvalue weighted by Gasteiger charge is -2.51. The molecule has 2 aliphatic rings. The zero-order chi connectivity index (χ0) is 22.2. The van der Waals surface area contributed by atoms with Gasteiger partial charge in [-0.2, -0.15) is 0 Å². The molecule has 31 heavy (non-hydrogen) atoms. The van der Waals surface area contributed by atoms with Gasteiger partial charge in [0.25, 0.3) is 5.91 Å². The van der Waals surface area contributed by atoms with Gasteiger partial charge in [0, 0.05) is 47.9 Å². The topological polar surface area (TPSA) is 113 Å². The van der Waals surface area contributed by atoms with Crippen molar-refractivity contribution in [2.45, 2.75) is 38.6 Å². The molecule has 0 bridgehead atoms. The second-order valence-electron chi connectivity index (χ2n) is 8.55. The Morgan fingerprint density at radius 2 is 1.90 bits per heavy atom. The van der Waals surface area contributed by atoms with E-state index in [1.807, 2.05) is 22.4 Å². The van der Waals surface area contributed by atoms with Crippen molar-refractivity contribution in [2.75, 3.05) is 26.2 Å². The second kappa shape index (κ2) is 8.58. The predicted octanol–water partition coefficient (Wildman–Crippen LogP) is 1.80. The first-order valence-electron chi connectivity index (χ1n) is 10.4. The molecule has 2 aromatic heterocycles. The van der Waals surface area contributed by atoms with Crippen LogP contribution in [0.5, 0.6) is 0 Å². The van der Waals surface area contributed by atoms with Gasteiger partial charge in [0.2, 0.25) is 17.7 Å². The summed E-state index contributed by atoms with van der Waals surface area (Å²) in [6.07, 6.45) is 2.69. The monoisotopic (exact) mass is 462 g/mol. The predicted molar refractivity (Wildman–Crippen MR) is 120 cm³/mol. The number of carbonyl (C=O) groups is 4. The molecule has 3 N–H and O–H groups in total. The largest absolute Gasteiger partial charge is 0.368 e. The first-order chi connectivity index (χ1) is 14.8. The maximum Gasteiger partial charge on any atom is 0.264 e. The third-order valence-corrected chi connectivity index (χ3v) is 8.14. The fourth-order valence-corrected chi connectivity index (χ4v) is 6.62. The molecule has 0 aliphatic carbocycles. The van der Waals surface area contributed by atoms with E-state index in [2.05, 4.69) is 5.32 Å². The molecule has 1 spiro atoms. The number of nitrogens with two attached hydrogens (primary N) is 1. The minimum absolute atomic E-state index is 0.0561. The van der Waals surface area contributed by atoms with E-state index in [4.69, 9.17) is 5.73 Å². The summed E-state index contributed by atoms with van der Waals surface area (Å²) in [6, 6.07) is 3.00. The minimum Gasteiger partial charge on any atom is -0.368 e. The quantitative estimate of drug-likeness (QED) is 0.705. The Morgan fingerprint density at radius 1 is 1.16 bits per heavy atom. The fraction of sp³-hybridized carbons (Fsp3) is 0.524. The van der Waals surface area contributed by atoms with Crippen LogP contribution >= 0.6 is 22.7 Å². The van der Waals surface area contributed by atoms with Crippen LogP contribution in [0, 0.1) is 5.41 Å². The van der Waals surface area contributed by atoms with Crippen molar-refractivity contribution in [3.8, 4) is 0 Å². The summed E-state index contributed by atoms with van der Waals surface area (Å²) in [5.41, 5.74) is 5.24. The Kier molecular flexibility index (Phi) is 6.02. The number of likely N-dealkylation sites (tertiary alicyclic amines) is 2. The number of hydrogen-bond acceptors (Lipinski definition) is 6. The van der Waals surface area contributed by atoms with Gasteiger partial charge >= 0.3 is 0 Å². The maximum atomic E-state index is 12.9. The number of fused-ring (bicyclic) bond motifs is 1. The normalized spacial score (nSPS) is 19.0. The molecule has 166 valence electrons. The molecule has 2 aliphatic heterocycles. The van der Waals surface area contributed by atoms with Crippen LogP contribution in [0.25, 0.3) is 9.40 Å². The minimum atomic E-state index is -1.00. The van der Waals surface area contributed by atoms with E-state index < -0.39 is 17.9 Å². The summed E-state index contributed by atoms with van der Waals surface area (Å²) >= 11 is 3.16. The molecule has 10 heteroatoms. The fourth-order valence-electron chi connectivity index (χ4n) is 4.54. The van der Waals surface area contributed by atoms with Gasteiger partial charge in [0.1, 0.15) is 6.04 Å². The van der Waals surface area contributed by atoms with Crippen molar-refractivity contribution in [2.24, 2.45) is 11.1 Å². The van der Waals surface area contributed by atoms with Gasteiger partial charge in [0.15, 0.2) is 0 Å². The molecule has 2 fully saturated rings. The van der Waals surface area contributed by atoms with Crippen molar-refractivity contribution in [3.05, 3.63) is 22.4 Å². The number of rotatable bonds is 5.